The van der Waals surface area contributed by atoms with E-state index in [0.717, 1.165) is 12.0 Å². The van der Waals surface area contributed by atoms with Gasteiger partial charge in [0.1, 0.15) is 0 Å². The van der Waals surface area contributed by atoms with Crippen molar-refractivity contribution >= 4 is 15.9 Å². The summed E-state index contributed by atoms with van der Waals surface area (Å²) >= 11 is 0. The Morgan fingerprint density at radius 3 is 2.48 bits per heavy atom. The zero-order chi connectivity index (χ0) is 21.8. The molecule has 2 aromatic rings. The molecule has 8 nitrogen and oxygen atoms in total. The van der Waals surface area contributed by atoms with Crippen molar-refractivity contribution in [2.24, 2.45) is 5.92 Å². The van der Waals surface area contributed by atoms with Gasteiger partial charge in [-0.2, -0.15) is 4.31 Å². The van der Waals surface area contributed by atoms with Crippen molar-refractivity contribution < 1.29 is 22.7 Å². The third kappa shape index (κ3) is 4.83. The second kappa shape index (κ2) is 9.23. The summed E-state index contributed by atoms with van der Waals surface area (Å²) in [5, 5.41) is 3.03. The molecule has 0 bridgehead atoms. The number of nitrogens with zero attached hydrogens (tertiary/aromatic N) is 2. The fraction of sp³-hybridized carbons (Fsp3) is 0.455. The molecule has 3 heterocycles. The van der Waals surface area contributed by atoms with Crippen molar-refractivity contribution in [3.8, 4) is 11.5 Å². The highest BCUT2D eigenvalue weighted by atomic mass is 32.2. The number of aromatic nitrogens is 1. The van der Waals surface area contributed by atoms with Gasteiger partial charge in [0.15, 0.2) is 11.5 Å². The summed E-state index contributed by atoms with van der Waals surface area (Å²) < 4.78 is 38.9. The first-order valence-electron chi connectivity index (χ1n) is 10.6. The molecule has 1 aromatic heterocycles. The summed E-state index contributed by atoms with van der Waals surface area (Å²) in [4.78, 5) is 16.9. The molecule has 1 unspecified atom stereocenters. The number of carbonyl (C=O) groups is 1. The maximum absolute atomic E-state index is 13.1. The molecule has 9 heteroatoms. The van der Waals surface area contributed by atoms with E-state index in [1.165, 1.54) is 10.4 Å². The zero-order valence-corrected chi connectivity index (χ0v) is 18.3. The van der Waals surface area contributed by atoms with Crippen molar-refractivity contribution in [3.63, 3.8) is 0 Å². The van der Waals surface area contributed by atoms with Crippen LogP contribution in [0, 0.1) is 5.92 Å². The zero-order valence-electron chi connectivity index (χ0n) is 17.5. The van der Waals surface area contributed by atoms with Gasteiger partial charge in [-0.3, -0.25) is 9.78 Å². The average Bonchev–Trinajstić information content (AvgIpc) is 3.04. The average molecular weight is 446 g/mol. The van der Waals surface area contributed by atoms with Crippen LogP contribution in [0.1, 0.15) is 37.8 Å². The SMILES string of the molecule is CC(NC(=O)C1CCN(S(=O)(=O)c2ccc3c(c2)OCCCO3)CC1)c1ccncc1. The van der Waals surface area contributed by atoms with E-state index in [2.05, 4.69) is 10.3 Å². The number of ether oxygens (including phenoxy) is 2. The van der Waals surface area contributed by atoms with E-state index in [9.17, 15) is 13.2 Å². The lowest BCUT2D eigenvalue weighted by Crippen LogP contribution is -2.43. The van der Waals surface area contributed by atoms with Crippen molar-refractivity contribution in [2.45, 2.75) is 37.1 Å². The molecule has 4 rings (SSSR count). The number of hydrogen-bond acceptors (Lipinski definition) is 6. The molecule has 2 aliphatic heterocycles. The topological polar surface area (TPSA) is 97.8 Å². The van der Waals surface area contributed by atoms with Crippen LogP contribution in [0.4, 0.5) is 0 Å². The van der Waals surface area contributed by atoms with Crippen LogP contribution in [0.2, 0.25) is 0 Å². The summed E-state index contributed by atoms with van der Waals surface area (Å²) in [7, 11) is -3.66. The summed E-state index contributed by atoms with van der Waals surface area (Å²) in [5.74, 6) is 0.768. The Labute approximate surface area is 182 Å². The predicted molar refractivity (Wildman–Crippen MR) is 114 cm³/mol. The van der Waals surface area contributed by atoms with Crippen molar-refractivity contribution in [3.05, 3.63) is 48.3 Å². The number of piperidine rings is 1. The maximum atomic E-state index is 13.1. The van der Waals surface area contributed by atoms with Gasteiger partial charge in [-0.25, -0.2) is 8.42 Å². The Morgan fingerprint density at radius 1 is 1.10 bits per heavy atom. The quantitative estimate of drug-likeness (QED) is 0.760. The predicted octanol–water partition coefficient (Wildman–Crippen LogP) is 2.52. The lowest BCUT2D eigenvalue weighted by molar-refractivity contribution is -0.126. The lowest BCUT2D eigenvalue weighted by atomic mass is 9.96. The van der Waals surface area contributed by atoms with Crippen LogP contribution >= 0.6 is 0 Å². The van der Waals surface area contributed by atoms with Crippen molar-refractivity contribution in [1.29, 1.82) is 0 Å². The molecule has 31 heavy (non-hydrogen) atoms. The fourth-order valence-corrected chi connectivity index (χ4v) is 5.36. The first kappa shape index (κ1) is 21.6. The largest absolute Gasteiger partial charge is 0.490 e. The van der Waals surface area contributed by atoms with Crippen LogP contribution in [-0.4, -0.2) is 49.9 Å². The Hall–Kier alpha value is -2.65. The Morgan fingerprint density at radius 2 is 1.77 bits per heavy atom. The van der Waals surface area contributed by atoms with Crippen LogP contribution in [-0.2, 0) is 14.8 Å². The number of fused-ring (bicyclic) bond motifs is 1. The van der Waals surface area contributed by atoms with Crippen molar-refractivity contribution in [1.82, 2.24) is 14.6 Å². The number of carbonyl (C=O) groups excluding carboxylic acids is 1. The Kier molecular flexibility index (Phi) is 6.43. The monoisotopic (exact) mass is 445 g/mol. The number of benzene rings is 1. The second-order valence-corrected chi connectivity index (χ2v) is 9.79. The number of sulfonamides is 1. The van der Waals surface area contributed by atoms with Crippen LogP contribution < -0.4 is 14.8 Å². The highest BCUT2D eigenvalue weighted by Crippen LogP contribution is 2.33. The third-order valence-electron chi connectivity index (χ3n) is 5.75. The summed E-state index contributed by atoms with van der Waals surface area (Å²) in [6.45, 7) is 3.58. The van der Waals surface area contributed by atoms with E-state index in [-0.39, 0.29) is 22.8 Å². The molecule has 0 aliphatic carbocycles. The van der Waals surface area contributed by atoms with E-state index in [1.807, 2.05) is 19.1 Å². The van der Waals surface area contributed by atoms with E-state index >= 15 is 0 Å². The Balaban J connectivity index is 1.38. The highest BCUT2D eigenvalue weighted by molar-refractivity contribution is 7.89. The molecule has 1 saturated heterocycles. The van der Waals surface area contributed by atoms with Crippen LogP contribution in [0.3, 0.4) is 0 Å². The van der Waals surface area contributed by atoms with E-state index in [4.69, 9.17) is 9.47 Å². The van der Waals surface area contributed by atoms with Gasteiger partial charge in [0, 0.05) is 43.9 Å². The van der Waals surface area contributed by atoms with Crippen LogP contribution in [0.25, 0.3) is 0 Å². The molecule has 1 fully saturated rings. The number of amides is 1. The summed E-state index contributed by atoms with van der Waals surface area (Å²) in [6, 6.07) is 8.35. The molecule has 166 valence electrons. The fourth-order valence-electron chi connectivity index (χ4n) is 3.88. The number of rotatable bonds is 5. The molecule has 1 atom stereocenters. The number of nitrogens with one attached hydrogen (secondary N) is 1. The van der Waals surface area contributed by atoms with Crippen LogP contribution in [0.5, 0.6) is 11.5 Å². The molecule has 1 N–H and O–H groups in total. The minimum absolute atomic E-state index is 0.0445. The lowest BCUT2D eigenvalue weighted by Gasteiger charge is -2.31. The van der Waals surface area contributed by atoms with E-state index in [0.29, 0.717) is 50.6 Å². The molecule has 0 saturated carbocycles. The van der Waals surface area contributed by atoms with Gasteiger partial charge in [-0.15, -0.1) is 0 Å². The normalized spacial score (nSPS) is 18.7. The summed E-state index contributed by atoms with van der Waals surface area (Å²) in [5.41, 5.74) is 0.984. The third-order valence-corrected chi connectivity index (χ3v) is 7.64. The molecule has 2 aliphatic rings. The molecular weight excluding hydrogens is 418 g/mol. The first-order valence-corrected chi connectivity index (χ1v) is 12.0. The van der Waals surface area contributed by atoms with Gasteiger partial charge >= 0.3 is 0 Å². The number of hydrogen-bond donors (Lipinski definition) is 1. The first-order chi connectivity index (χ1) is 14.9. The van der Waals surface area contributed by atoms with Crippen LogP contribution in [0.15, 0.2) is 47.6 Å². The van der Waals surface area contributed by atoms with Crippen molar-refractivity contribution in [2.75, 3.05) is 26.3 Å². The van der Waals surface area contributed by atoms with Gasteiger partial charge < -0.3 is 14.8 Å². The second-order valence-electron chi connectivity index (χ2n) is 7.85. The minimum Gasteiger partial charge on any atom is -0.490 e. The summed E-state index contributed by atoms with van der Waals surface area (Å²) in [6.07, 6.45) is 5.12. The highest BCUT2D eigenvalue weighted by Gasteiger charge is 2.33. The maximum Gasteiger partial charge on any atom is 0.243 e. The number of pyridine rings is 1. The molecule has 0 spiro atoms. The van der Waals surface area contributed by atoms with Gasteiger partial charge in [0.05, 0.1) is 24.2 Å². The van der Waals surface area contributed by atoms with Gasteiger partial charge in [0.25, 0.3) is 0 Å². The van der Waals surface area contributed by atoms with E-state index < -0.39 is 10.0 Å². The smallest absolute Gasteiger partial charge is 0.243 e. The molecular formula is C22H27N3O5S. The van der Waals surface area contributed by atoms with Gasteiger partial charge in [-0.1, -0.05) is 0 Å². The minimum atomic E-state index is -3.66. The van der Waals surface area contributed by atoms with Gasteiger partial charge in [0.2, 0.25) is 15.9 Å². The molecule has 1 aromatic carbocycles. The Bertz CT molecular complexity index is 1020. The van der Waals surface area contributed by atoms with E-state index in [1.54, 1.807) is 24.5 Å². The standard InChI is InChI=1S/C22H27N3O5S/c1-16(17-5-9-23-10-6-17)24-22(26)18-7-11-25(12-8-18)31(27,28)19-3-4-20-21(15-19)30-14-2-13-29-20/h3-6,9-10,15-16,18H,2,7-8,11-14H2,1H3,(H,24,26). The molecule has 1 amide bonds. The van der Waals surface area contributed by atoms with Gasteiger partial charge in [-0.05, 0) is 49.6 Å². The molecule has 0 radical (unpaired) electrons.